The van der Waals surface area contributed by atoms with Crippen molar-refractivity contribution in [3.63, 3.8) is 0 Å². The lowest BCUT2D eigenvalue weighted by Gasteiger charge is -2.24. The van der Waals surface area contributed by atoms with Crippen molar-refractivity contribution in [2.75, 3.05) is 12.3 Å². The van der Waals surface area contributed by atoms with Gasteiger partial charge in [-0.3, -0.25) is 4.68 Å². The van der Waals surface area contributed by atoms with Gasteiger partial charge in [-0.25, -0.2) is 0 Å². The quantitative estimate of drug-likeness (QED) is 0.799. The first-order valence-electron chi connectivity index (χ1n) is 6.97. The van der Waals surface area contributed by atoms with Crippen molar-refractivity contribution in [3.05, 3.63) is 16.4 Å². The second-order valence-electron chi connectivity index (χ2n) is 5.63. The number of nitrogens with one attached hydrogen (secondary N) is 1. The molecule has 5 heteroatoms. The van der Waals surface area contributed by atoms with Crippen molar-refractivity contribution >= 4 is 27.7 Å². The van der Waals surface area contributed by atoms with Crippen molar-refractivity contribution in [2.45, 2.75) is 58.4 Å². The first-order chi connectivity index (χ1) is 8.89. The summed E-state index contributed by atoms with van der Waals surface area (Å²) in [7, 11) is 0. The number of halogens is 1. The molecular weight excluding hydrogens is 322 g/mol. The molecule has 0 aliphatic carbocycles. The molecule has 1 heterocycles. The van der Waals surface area contributed by atoms with E-state index < -0.39 is 0 Å². The van der Waals surface area contributed by atoms with Gasteiger partial charge in [0.1, 0.15) is 0 Å². The zero-order valence-electron chi connectivity index (χ0n) is 12.7. The fourth-order valence-electron chi connectivity index (χ4n) is 1.92. The van der Waals surface area contributed by atoms with Gasteiger partial charge < -0.3 is 5.32 Å². The lowest BCUT2D eigenvalue weighted by molar-refractivity contribution is 0.506. The minimum atomic E-state index is 0.287. The van der Waals surface area contributed by atoms with Crippen LogP contribution in [-0.4, -0.2) is 26.8 Å². The Morgan fingerprint density at radius 3 is 2.63 bits per heavy atom. The largest absolute Gasteiger partial charge is 0.308 e. The van der Waals surface area contributed by atoms with E-state index in [2.05, 4.69) is 65.6 Å². The summed E-state index contributed by atoms with van der Waals surface area (Å²) in [5, 5.41) is 8.06. The van der Waals surface area contributed by atoms with Crippen LogP contribution in [0, 0.1) is 0 Å². The molecule has 1 aromatic heterocycles. The van der Waals surface area contributed by atoms with Gasteiger partial charge >= 0.3 is 0 Å². The van der Waals surface area contributed by atoms with Crippen LogP contribution < -0.4 is 5.32 Å². The highest BCUT2D eigenvalue weighted by Crippen LogP contribution is 2.31. The third-order valence-electron chi connectivity index (χ3n) is 2.73. The van der Waals surface area contributed by atoms with Crippen LogP contribution in [0.25, 0.3) is 0 Å². The van der Waals surface area contributed by atoms with E-state index in [9.17, 15) is 0 Å². The number of hydrogen-bond acceptors (Lipinski definition) is 3. The van der Waals surface area contributed by atoms with Gasteiger partial charge in [-0.15, -0.1) is 0 Å². The molecule has 110 valence electrons. The van der Waals surface area contributed by atoms with Gasteiger partial charge in [-0.05, 0) is 28.9 Å². The molecule has 0 spiro atoms. The van der Waals surface area contributed by atoms with E-state index in [0.29, 0.717) is 6.04 Å². The number of aryl methyl sites for hydroxylation is 1. The predicted octanol–water partition coefficient (Wildman–Crippen LogP) is 4.24. The van der Waals surface area contributed by atoms with E-state index in [1.807, 2.05) is 18.0 Å². The SMILES string of the molecule is CCCn1ncc(Br)c1C(CSC(C)(C)C)NCC. The molecule has 0 fully saturated rings. The maximum Gasteiger partial charge on any atom is 0.0704 e. The fourth-order valence-corrected chi connectivity index (χ4v) is 3.44. The molecule has 0 aromatic carbocycles. The van der Waals surface area contributed by atoms with Crippen LogP contribution in [0.2, 0.25) is 0 Å². The van der Waals surface area contributed by atoms with Crippen LogP contribution in [-0.2, 0) is 6.54 Å². The summed E-state index contributed by atoms with van der Waals surface area (Å²) >= 11 is 5.64. The number of nitrogens with zero attached hydrogens (tertiary/aromatic N) is 2. The average Bonchev–Trinajstić information content (AvgIpc) is 2.66. The predicted molar refractivity (Wildman–Crippen MR) is 88.8 cm³/mol. The lowest BCUT2D eigenvalue weighted by atomic mass is 10.2. The third-order valence-corrected chi connectivity index (χ3v) is 4.71. The van der Waals surface area contributed by atoms with E-state index in [1.54, 1.807) is 0 Å². The molecule has 0 radical (unpaired) electrons. The zero-order chi connectivity index (χ0) is 14.5. The standard InChI is InChI=1S/C14H26BrN3S/c1-6-8-18-13(11(15)9-17-18)12(16-7-2)10-19-14(3,4)5/h9,12,16H,6-8,10H2,1-5H3. The summed E-state index contributed by atoms with van der Waals surface area (Å²) in [4.78, 5) is 0. The van der Waals surface area contributed by atoms with E-state index in [1.165, 1.54) is 5.69 Å². The normalized spacial score (nSPS) is 13.8. The molecule has 0 amide bonds. The summed E-state index contributed by atoms with van der Waals surface area (Å²) in [6.07, 6.45) is 3.02. The van der Waals surface area contributed by atoms with Gasteiger partial charge in [0.25, 0.3) is 0 Å². The van der Waals surface area contributed by atoms with E-state index in [0.717, 1.165) is 29.7 Å². The van der Waals surface area contributed by atoms with Gasteiger partial charge in [0.05, 0.1) is 22.4 Å². The van der Waals surface area contributed by atoms with Crippen LogP contribution in [0.5, 0.6) is 0 Å². The average molecular weight is 348 g/mol. The van der Waals surface area contributed by atoms with Gasteiger partial charge in [0, 0.05) is 17.0 Å². The Morgan fingerprint density at radius 2 is 2.11 bits per heavy atom. The smallest absolute Gasteiger partial charge is 0.0704 e. The fraction of sp³-hybridized carbons (Fsp3) is 0.786. The number of rotatable bonds is 7. The van der Waals surface area contributed by atoms with Crippen molar-refractivity contribution in [1.82, 2.24) is 15.1 Å². The van der Waals surface area contributed by atoms with Crippen molar-refractivity contribution in [1.29, 1.82) is 0 Å². The lowest BCUT2D eigenvalue weighted by Crippen LogP contribution is -2.27. The Balaban J connectivity index is 2.88. The maximum absolute atomic E-state index is 4.47. The maximum atomic E-state index is 4.47. The Morgan fingerprint density at radius 1 is 1.42 bits per heavy atom. The Bertz CT molecular complexity index is 385. The minimum Gasteiger partial charge on any atom is -0.308 e. The molecule has 0 aliphatic rings. The van der Waals surface area contributed by atoms with Crippen LogP contribution in [0.1, 0.15) is 52.8 Å². The molecule has 1 N–H and O–H groups in total. The number of hydrogen-bond donors (Lipinski definition) is 1. The minimum absolute atomic E-state index is 0.287. The summed E-state index contributed by atoms with van der Waals surface area (Å²) in [5.74, 6) is 1.06. The molecule has 0 bridgehead atoms. The zero-order valence-corrected chi connectivity index (χ0v) is 15.1. The summed E-state index contributed by atoms with van der Waals surface area (Å²) < 4.78 is 3.53. The first kappa shape index (κ1) is 17.1. The Hall–Kier alpha value is -0.0000000000000000763. The Labute approximate surface area is 130 Å². The second kappa shape index (κ2) is 7.70. The second-order valence-corrected chi connectivity index (χ2v) is 8.34. The van der Waals surface area contributed by atoms with Crippen LogP contribution in [0.4, 0.5) is 0 Å². The third kappa shape index (κ3) is 5.48. The van der Waals surface area contributed by atoms with E-state index in [-0.39, 0.29) is 4.75 Å². The molecular formula is C14H26BrN3S. The van der Waals surface area contributed by atoms with Crippen LogP contribution in [0.15, 0.2) is 10.7 Å². The topological polar surface area (TPSA) is 29.9 Å². The highest BCUT2D eigenvalue weighted by molar-refractivity contribution is 9.10. The van der Waals surface area contributed by atoms with Crippen molar-refractivity contribution < 1.29 is 0 Å². The van der Waals surface area contributed by atoms with Crippen LogP contribution >= 0.6 is 27.7 Å². The van der Waals surface area contributed by atoms with Gasteiger partial charge in [0.15, 0.2) is 0 Å². The molecule has 0 saturated heterocycles. The molecule has 0 saturated carbocycles. The molecule has 3 nitrogen and oxygen atoms in total. The summed E-state index contributed by atoms with van der Waals surface area (Å²) in [5.41, 5.74) is 1.28. The monoisotopic (exact) mass is 347 g/mol. The van der Waals surface area contributed by atoms with Gasteiger partial charge in [-0.2, -0.15) is 16.9 Å². The highest BCUT2D eigenvalue weighted by atomic mass is 79.9. The molecule has 1 atom stereocenters. The molecule has 1 aromatic rings. The molecule has 0 aliphatic heterocycles. The van der Waals surface area contributed by atoms with Gasteiger partial charge in [0.2, 0.25) is 0 Å². The number of thioether (sulfide) groups is 1. The van der Waals surface area contributed by atoms with Crippen molar-refractivity contribution in [3.8, 4) is 0 Å². The summed E-state index contributed by atoms with van der Waals surface area (Å²) in [6, 6.07) is 0.345. The van der Waals surface area contributed by atoms with Gasteiger partial charge in [-0.1, -0.05) is 34.6 Å². The van der Waals surface area contributed by atoms with E-state index >= 15 is 0 Å². The number of aromatic nitrogens is 2. The van der Waals surface area contributed by atoms with Crippen LogP contribution in [0.3, 0.4) is 0 Å². The molecule has 1 rings (SSSR count). The first-order valence-corrected chi connectivity index (χ1v) is 8.75. The summed E-state index contributed by atoms with van der Waals surface area (Å²) in [6.45, 7) is 13.1. The highest BCUT2D eigenvalue weighted by Gasteiger charge is 2.22. The van der Waals surface area contributed by atoms with Crippen molar-refractivity contribution in [2.24, 2.45) is 0 Å². The molecule has 19 heavy (non-hydrogen) atoms. The Kier molecular flexibility index (Phi) is 6.91. The molecule has 1 unspecified atom stereocenters. The van der Waals surface area contributed by atoms with E-state index in [4.69, 9.17) is 0 Å².